The third-order valence-electron chi connectivity index (χ3n) is 4.63. The zero-order valence-corrected chi connectivity index (χ0v) is 19.0. The molecule has 0 bridgehead atoms. The van der Waals surface area contributed by atoms with E-state index in [1.165, 1.54) is 57.8 Å². The molecule has 0 aliphatic heterocycles. The van der Waals surface area contributed by atoms with Gasteiger partial charge in [-0.2, -0.15) is 0 Å². The second-order valence-electron chi connectivity index (χ2n) is 7.60. The Hall–Kier alpha value is -0.270. The number of aliphatic hydroxyl groups is 2. The number of phosphoric ester groups is 1. The molecule has 0 saturated carbocycles. The largest absolute Gasteiger partial charge is 0.469 e. The van der Waals surface area contributed by atoms with Gasteiger partial charge in [0.25, 0.3) is 0 Å². The molecule has 1 unspecified atom stereocenters. The summed E-state index contributed by atoms with van der Waals surface area (Å²) in [5.41, 5.74) is 0. The van der Waals surface area contributed by atoms with Gasteiger partial charge in [0.2, 0.25) is 0 Å². The quantitative estimate of drug-likeness (QED) is 0.0878. The normalized spacial score (nSPS) is 14.5. The molecule has 0 aliphatic rings. The molecule has 2 atom stereocenters. The lowest BCUT2D eigenvalue weighted by atomic mass is 10.1. The minimum atomic E-state index is -4.60. The van der Waals surface area contributed by atoms with Gasteiger partial charge < -0.3 is 24.7 Å². The first-order valence-corrected chi connectivity index (χ1v) is 12.7. The maximum Gasteiger partial charge on any atom is 0.469 e. The van der Waals surface area contributed by atoms with Crippen LogP contribution in [0.3, 0.4) is 0 Å². The molecule has 0 fully saturated rings. The zero-order valence-electron chi connectivity index (χ0n) is 18.1. The first-order chi connectivity index (χ1) is 13.8. The molecule has 0 aromatic heterocycles. The number of hydrogen-bond donors (Lipinski definition) is 4. The molecule has 4 N–H and O–H groups in total. The van der Waals surface area contributed by atoms with Crippen LogP contribution in [0.5, 0.6) is 0 Å². The zero-order chi connectivity index (χ0) is 21.8. The Morgan fingerprint density at radius 1 is 0.793 bits per heavy atom. The number of allylic oxidation sites excluding steroid dienone is 2. The van der Waals surface area contributed by atoms with Gasteiger partial charge in [-0.05, 0) is 38.5 Å². The summed E-state index contributed by atoms with van der Waals surface area (Å²) in [6.45, 7) is 1.48. The number of aliphatic hydroxyl groups excluding tert-OH is 2. The fourth-order valence-electron chi connectivity index (χ4n) is 2.93. The van der Waals surface area contributed by atoms with Crippen LogP contribution in [-0.4, -0.2) is 45.6 Å². The van der Waals surface area contributed by atoms with E-state index in [1.54, 1.807) is 0 Å². The maximum absolute atomic E-state index is 10.5. The summed E-state index contributed by atoms with van der Waals surface area (Å²) >= 11 is 0. The number of ether oxygens (including phenoxy) is 1. The van der Waals surface area contributed by atoms with Crippen molar-refractivity contribution in [2.24, 2.45) is 0 Å². The van der Waals surface area contributed by atoms with Crippen molar-refractivity contribution in [3.63, 3.8) is 0 Å². The monoisotopic (exact) mass is 438 g/mol. The lowest BCUT2D eigenvalue weighted by Crippen LogP contribution is -2.25. The topological polar surface area (TPSA) is 116 Å². The summed E-state index contributed by atoms with van der Waals surface area (Å²) in [7, 11) is -4.60. The summed E-state index contributed by atoms with van der Waals surface area (Å²) in [4.78, 5) is 17.1. The highest BCUT2D eigenvalue weighted by Gasteiger charge is 2.17. The van der Waals surface area contributed by atoms with Crippen LogP contribution >= 0.6 is 7.82 Å². The molecular formula is C21H43O7P. The molecular weight excluding hydrogens is 395 g/mol. The number of unbranched alkanes of at least 4 members (excludes halogenated alkanes) is 11. The van der Waals surface area contributed by atoms with Crippen molar-refractivity contribution in [2.75, 3.05) is 13.2 Å². The minimum Gasteiger partial charge on any atom is -0.388 e. The van der Waals surface area contributed by atoms with E-state index in [2.05, 4.69) is 23.6 Å². The van der Waals surface area contributed by atoms with Crippen LogP contribution in [0.15, 0.2) is 12.2 Å². The van der Waals surface area contributed by atoms with Gasteiger partial charge in [-0.25, -0.2) is 4.57 Å². The second-order valence-corrected chi connectivity index (χ2v) is 8.84. The Balaban J connectivity index is 3.37. The van der Waals surface area contributed by atoms with Gasteiger partial charge >= 0.3 is 7.82 Å². The molecule has 7 nitrogen and oxygen atoms in total. The highest BCUT2D eigenvalue weighted by molar-refractivity contribution is 7.46. The van der Waals surface area contributed by atoms with Crippen LogP contribution < -0.4 is 0 Å². The van der Waals surface area contributed by atoms with E-state index in [4.69, 9.17) is 14.5 Å². The number of hydrogen-bond acceptors (Lipinski definition) is 5. The summed E-state index contributed by atoms with van der Waals surface area (Å²) in [5.74, 6) is 0. The maximum atomic E-state index is 10.5. The molecule has 0 heterocycles. The fraction of sp³-hybridized carbons (Fsp3) is 0.905. The smallest absolute Gasteiger partial charge is 0.388 e. The highest BCUT2D eigenvalue weighted by Crippen LogP contribution is 2.35. The van der Waals surface area contributed by atoms with E-state index < -0.39 is 26.8 Å². The van der Waals surface area contributed by atoms with Crippen molar-refractivity contribution in [2.45, 2.75) is 109 Å². The molecule has 0 aliphatic carbocycles. The predicted molar refractivity (Wildman–Crippen MR) is 115 cm³/mol. The fourth-order valence-corrected chi connectivity index (χ4v) is 3.29. The van der Waals surface area contributed by atoms with E-state index in [9.17, 15) is 14.8 Å². The Morgan fingerprint density at radius 2 is 1.31 bits per heavy atom. The standard InChI is InChI=1S/C21H43O7P/c1-2-3-4-5-6-7-8-9-10-11-12-13-14-15-16-17-21(23)27-18-20(22)19-28-29(24,25)26/h9-10,20-23H,2-8,11-19H2,1H3,(H2,24,25,26)/t20-,21?/m1/s1. The first-order valence-electron chi connectivity index (χ1n) is 11.2. The Kier molecular flexibility index (Phi) is 19.5. The SMILES string of the molecule is CCCCCCCCC=CCCCCCCCC(O)OC[C@@H](O)COP(=O)(O)O. The Labute approximate surface area is 176 Å². The molecule has 0 aromatic carbocycles. The minimum absolute atomic E-state index is 0.230. The third kappa shape index (κ3) is 23.9. The average molecular weight is 439 g/mol. The Bertz CT molecular complexity index is 425. The molecule has 0 amide bonds. The predicted octanol–water partition coefficient (Wildman–Crippen LogP) is 4.83. The van der Waals surface area contributed by atoms with E-state index in [0.717, 1.165) is 25.7 Å². The van der Waals surface area contributed by atoms with E-state index in [0.29, 0.717) is 6.42 Å². The third-order valence-corrected chi connectivity index (χ3v) is 5.11. The molecule has 0 aromatic rings. The van der Waals surface area contributed by atoms with E-state index in [1.807, 2.05) is 0 Å². The van der Waals surface area contributed by atoms with Crippen molar-refractivity contribution >= 4 is 7.82 Å². The number of phosphoric acid groups is 1. The summed E-state index contributed by atoms with van der Waals surface area (Å²) < 4.78 is 19.7. The van der Waals surface area contributed by atoms with E-state index in [-0.39, 0.29) is 6.61 Å². The van der Waals surface area contributed by atoms with Crippen molar-refractivity contribution in [1.82, 2.24) is 0 Å². The van der Waals surface area contributed by atoms with Gasteiger partial charge in [-0.3, -0.25) is 4.52 Å². The van der Waals surface area contributed by atoms with Crippen molar-refractivity contribution in [3.05, 3.63) is 12.2 Å². The van der Waals surface area contributed by atoms with Gasteiger partial charge in [0.15, 0.2) is 6.29 Å². The van der Waals surface area contributed by atoms with Crippen LogP contribution in [0, 0.1) is 0 Å². The second kappa shape index (κ2) is 19.7. The van der Waals surface area contributed by atoms with Crippen LogP contribution in [-0.2, 0) is 13.8 Å². The molecule has 0 rings (SSSR count). The lowest BCUT2D eigenvalue weighted by molar-refractivity contribution is -0.129. The molecule has 29 heavy (non-hydrogen) atoms. The average Bonchev–Trinajstić information content (AvgIpc) is 2.67. The summed E-state index contributed by atoms with van der Waals surface area (Å²) in [6.07, 6.45) is 18.7. The molecule has 174 valence electrons. The molecule has 0 saturated heterocycles. The van der Waals surface area contributed by atoms with Crippen LogP contribution in [0.2, 0.25) is 0 Å². The van der Waals surface area contributed by atoms with Crippen molar-refractivity contribution in [3.8, 4) is 0 Å². The first kappa shape index (κ1) is 28.7. The van der Waals surface area contributed by atoms with Crippen molar-refractivity contribution in [1.29, 1.82) is 0 Å². The summed E-state index contributed by atoms with van der Waals surface area (Å²) in [6, 6.07) is 0. The van der Waals surface area contributed by atoms with Crippen LogP contribution in [0.25, 0.3) is 0 Å². The molecule has 0 radical (unpaired) electrons. The van der Waals surface area contributed by atoms with Crippen LogP contribution in [0.1, 0.15) is 96.8 Å². The van der Waals surface area contributed by atoms with Gasteiger partial charge in [0, 0.05) is 0 Å². The van der Waals surface area contributed by atoms with E-state index >= 15 is 0 Å². The van der Waals surface area contributed by atoms with Gasteiger partial charge in [-0.15, -0.1) is 0 Å². The van der Waals surface area contributed by atoms with Crippen LogP contribution in [0.4, 0.5) is 0 Å². The molecule has 0 spiro atoms. The summed E-state index contributed by atoms with van der Waals surface area (Å²) in [5, 5.41) is 19.1. The molecule has 8 heteroatoms. The Morgan fingerprint density at radius 3 is 1.86 bits per heavy atom. The van der Waals surface area contributed by atoms with Gasteiger partial charge in [-0.1, -0.05) is 70.4 Å². The number of rotatable bonds is 21. The van der Waals surface area contributed by atoms with Gasteiger partial charge in [0.1, 0.15) is 6.10 Å². The van der Waals surface area contributed by atoms with Crippen molar-refractivity contribution < 1.29 is 33.8 Å². The highest BCUT2D eigenvalue weighted by atomic mass is 31.2. The lowest BCUT2D eigenvalue weighted by Gasteiger charge is -2.15. The van der Waals surface area contributed by atoms with Gasteiger partial charge in [0.05, 0.1) is 13.2 Å².